The number of anilines is 1. The van der Waals surface area contributed by atoms with Crippen LogP contribution in [0.5, 0.6) is 0 Å². The summed E-state index contributed by atoms with van der Waals surface area (Å²) >= 11 is 1.32. The number of nitrogens with zero attached hydrogens (tertiary/aromatic N) is 2. The van der Waals surface area contributed by atoms with Crippen molar-refractivity contribution in [3.63, 3.8) is 0 Å². The van der Waals surface area contributed by atoms with Crippen LogP contribution in [0, 0.1) is 0 Å². The van der Waals surface area contributed by atoms with E-state index in [0.717, 1.165) is 17.8 Å². The molecule has 16 heavy (non-hydrogen) atoms. The number of hydrogen-bond acceptors (Lipinski definition) is 5. The van der Waals surface area contributed by atoms with Crippen molar-refractivity contribution in [2.75, 3.05) is 10.5 Å². The zero-order chi connectivity index (χ0) is 11.8. The van der Waals surface area contributed by atoms with Crippen molar-refractivity contribution >= 4 is 26.5 Å². The van der Waals surface area contributed by atoms with Gasteiger partial charge in [0.1, 0.15) is 5.01 Å². The Morgan fingerprint density at radius 3 is 2.81 bits per heavy atom. The molecule has 0 bridgehead atoms. The molecule has 0 spiro atoms. The Kier molecular flexibility index (Phi) is 2.98. The molecule has 0 radical (unpaired) electrons. The van der Waals surface area contributed by atoms with Crippen LogP contribution in [0.1, 0.15) is 30.7 Å². The van der Waals surface area contributed by atoms with Crippen molar-refractivity contribution in [2.24, 2.45) is 0 Å². The minimum absolute atomic E-state index is 0.0780. The minimum Gasteiger partial charge on any atom is -0.257 e. The van der Waals surface area contributed by atoms with E-state index >= 15 is 0 Å². The second-order valence-electron chi connectivity index (χ2n) is 4.04. The summed E-state index contributed by atoms with van der Waals surface area (Å²) in [5, 5.41) is 9.05. The van der Waals surface area contributed by atoms with E-state index < -0.39 is 10.0 Å². The minimum atomic E-state index is -3.37. The summed E-state index contributed by atoms with van der Waals surface area (Å²) in [4.78, 5) is 0. The molecule has 1 aromatic rings. The molecule has 0 unspecified atom stereocenters. The van der Waals surface area contributed by atoms with Gasteiger partial charge in [0, 0.05) is 5.92 Å². The van der Waals surface area contributed by atoms with E-state index in [4.69, 9.17) is 0 Å². The number of hydrogen-bond donors (Lipinski definition) is 1. The van der Waals surface area contributed by atoms with Gasteiger partial charge in [-0.1, -0.05) is 23.5 Å². The Hall–Kier alpha value is -0.950. The molecule has 5 nitrogen and oxygen atoms in total. The molecule has 1 aliphatic rings. The maximum Gasteiger partial charge on any atom is 0.238 e. The Bertz CT molecular complexity index is 503. The first-order valence-electron chi connectivity index (χ1n) is 4.94. The van der Waals surface area contributed by atoms with Gasteiger partial charge in [-0.3, -0.25) is 4.72 Å². The lowest BCUT2D eigenvalue weighted by Gasteiger charge is -2.02. The van der Waals surface area contributed by atoms with Crippen molar-refractivity contribution in [1.29, 1.82) is 0 Å². The van der Waals surface area contributed by atoms with Gasteiger partial charge in [-0.05, 0) is 19.8 Å². The third-order valence-electron chi connectivity index (χ3n) is 2.05. The molecule has 1 aromatic heterocycles. The molecule has 1 saturated carbocycles. The zero-order valence-electron chi connectivity index (χ0n) is 8.93. The average Bonchev–Trinajstić information content (AvgIpc) is 2.86. The van der Waals surface area contributed by atoms with Gasteiger partial charge in [0.25, 0.3) is 0 Å². The fourth-order valence-corrected chi connectivity index (χ4v) is 3.60. The van der Waals surface area contributed by atoms with E-state index in [2.05, 4.69) is 21.5 Å². The van der Waals surface area contributed by atoms with Gasteiger partial charge >= 0.3 is 0 Å². The molecule has 0 amide bonds. The molecular weight excluding hydrogens is 246 g/mol. The second-order valence-corrected chi connectivity index (χ2v) is 6.77. The Labute approximate surface area is 98.6 Å². The van der Waals surface area contributed by atoms with Crippen LogP contribution in [0.25, 0.3) is 0 Å². The highest BCUT2D eigenvalue weighted by atomic mass is 32.2. The van der Waals surface area contributed by atoms with Gasteiger partial charge in [0.15, 0.2) is 0 Å². The summed E-state index contributed by atoms with van der Waals surface area (Å²) in [6, 6.07) is 0. The molecule has 1 N–H and O–H groups in total. The van der Waals surface area contributed by atoms with Gasteiger partial charge in [-0.15, -0.1) is 10.2 Å². The van der Waals surface area contributed by atoms with E-state index in [-0.39, 0.29) is 5.75 Å². The lowest BCUT2D eigenvalue weighted by atomic mass is 10.4. The normalized spacial score (nSPS) is 16.1. The van der Waals surface area contributed by atoms with Gasteiger partial charge in [0.05, 0.1) is 5.75 Å². The monoisotopic (exact) mass is 259 g/mol. The molecule has 88 valence electrons. The quantitative estimate of drug-likeness (QED) is 0.817. The van der Waals surface area contributed by atoms with E-state index in [1.54, 1.807) is 6.92 Å². The summed E-state index contributed by atoms with van der Waals surface area (Å²) < 4.78 is 25.6. The standard InChI is InChI=1S/C9H13N3O2S2/c1-6(2)5-16(13,14)12-9-11-10-8(15-9)7-3-4-7/h7H,1,3-5H2,2H3,(H,11,12). The van der Waals surface area contributed by atoms with Gasteiger partial charge in [-0.2, -0.15) is 0 Å². The van der Waals surface area contributed by atoms with Crippen molar-refractivity contribution in [3.05, 3.63) is 17.2 Å². The van der Waals surface area contributed by atoms with E-state index in [1.165, 1.54) is 11.3 Å². The van der Waals surface area contributed by atoms with Crippen molar-refractivity contribution in [3.8, 4) is 0 Å². The molecule has 2 rings (SSSR count). The molecule has 1 heterocycles. The molecule has 1 aliphatic carbocycles. The van der Waals surface area contributed by atoms with Gasteiger partial charge in [0.2, 0.25) is 15.2 Å². The molecule has 0 saturated heterocycles. The highest BCUT2D eigenvalue weighted by Gasteiger charge is 2.28. The van der Waals surface area contributed by atoms with Gasteiger partial charge in [-0.25, -0.2) is 8.42 Å². The van der Waals surface area contributed by atoms with Crippen LogP contribution < -0.4 is 4.72 Å². The van der Waals surface area contributed by atoms with Crippen LogP contribution in [0.2, 0.25) is 0 Å². The largest absolute Gasteiger partial charge is 0.257 e. The highest BCUT2D eigenvalue weighted by Crippen LogP contribution is 2.42. The summed E-state index contributed by atoms with van der Waals surface area (Å²) in [6.07, 6.45) is 2.26. The van der Waals surface area contributed by atoms with Crippen LogP contribution in [-0.2, 0) is 10.0 Å². The first kappa shape index (κ1) is 11.5. The predicted octanol–water partition coefficient (Wildman–Crippen LogP) is 1.73. The number of aromatic nitrogens is 2. The smallest absolute Gasteiger partial charge is 0.238 e. The Balaban J connectivity index is 2.04. The lowest BCUT2D eigenvalue weighted by Crippen LogP contribution is -2.16. The molecule has 1 fully saturated rings. The topological polar surface area (TPSA) is 72.0 Å². The third kappa shape index (κ3) is 3.02. The number of rotatable bonds is 5. The third-order valence-corrected chi connectivity index (χ3v) is 4.55. The van der Waals surface area contributed by atoms with Crippen molar-refractivity contribution in [2.45, 2.75) is 25.7 Å². The van der Waals surface area contributed by atoms with Crippen LogP contribution in [-0.4, -0.2) is 24.4 Å². The molecule has 7 heteroatoms. The van der Waals surface area contributed by atoms with Crippen molar-refractivity contribution < 1.29 is 8.42 Å². The number of sulfonamides is 1. The van der Waals surface area contributed by atoms with Crippen LogP contribution in [0.3, 0.4) is 0 Å². The summed E-state index contributed by atoms with van der Waals surface area (Å²) in [7, 11) is -3.37. The maximum atomic E-state index is 11.6. The fraction of sp³-hybridized carbons (Fsp3) is 0.556. The van der Waals surface area contributed by atoms with E-state index in [0.29, 0.717) is 16.6 Å². The fourth-order valence-electron chi connectivity index (χ4n) is 1.26. The average molecular weight is 259 g/mol. The first-order valence-corrected chi connectivity index (χ1v) is 7.41. The Morgan fingerprint density at radius 2 is 2.25 bits per heavy atom. The summed E-state index contributed by atoms with van der Waals surface area (Å²) in [6.45, 7) is 5.25. The van der Waals surface area contributed by atoms with E-state index in [9.17, 15) is 8.42 Å². The lowest BCUT2D eigenvalue weighted by molar-refractivity contribution is 0.603. The highest BCUT2D eigenvalue weighted by molar-refractivity contribution is 7.93. The maximum absolute atomic E-state index is 11.6. The summed E-state index contributed by atoms with van der Waals surface area (Å²) in [5.74, 6) is 0.419. The first-order chi connectivity index (χ1) is 7.46. The van der Waals surface area contributed by atoms with Gasteiger partial charge < -0.3 is 0 Å². The molecular formula is C9H13N3O2S2. The molecule has 0 aliphatic heterocycles. The Morgan fingerprint density at radius 1 is 1.56 bits per heavy atom. The van der Waals surface area contributed by atoms with E-state index in [1.807, 2.05) is 0 Å². The van der Waals surface area contributed by atoms with Crippen LogP contribution in [0.4, 0.5) is 5.13 Å². The number of nitrogens with one attached hydrogen (secondary N) is 1. The van der Waals surface area contributed by atoms with Crippen LogP contribution in [0.15, 0.2) is 12.2 Å². The molecule has 0 atom stereocenters. The van der Waals surface area contributed by atoms with Crippen LogP contribution >= 0.6 is 11.3 Å². The summed E-state index contributed by atoms with van der Waals surface area (Å²) in [5.41, 5.74) is 0.597. The molecule has 0 aromatic carbocycles. The van der Waals surface area contributed by atoms with Crippen molar-refractivity contribution in [1.82, 2.24) is 10.2 Å². The predicted molar refractivity (Wildman–Crippen MR) is 64.1 cm³/mol. The zero-order valence-corrected chi connectivity index (χ0v) is 10.6. The SMILES string of the molecule is C=C(C)CS(=O)(=O)Nc1nnc(C2CC2)s1. The second kappa shape index (κ2) is 4.14.